The summed E-state index contributed by atoms with van der Waals surface area (Å²) in [5, 5.41) is 0. The first-order chi connectivity index (χ1) is 2.41. The van der Waals surface area contributed by atoms with Crippen LogP contribution >= 0.6 is 12.0 Å². The summed E-state index contributed by atoms with van der Waals surface area (Å²) in [6.07, 6.45) is 1.83. The lowest BCUT2D eigenvalue weighted by atomic mass is 11.4. The van der Waals surface area contributed by atoms with E-state index in [1.807, 2.05) is 6.26 Å². The largest absolute Gasteiger partial charge is 0.308 e. The molecule has 5 heavy (non-hydrogen) atoms. The molecule has 32 valence electrons. The van der Waals surface area contributed by atoms with Crippen LogP contribution in [0.2, 0.25) is 0 Å². The molecule has 0 aromatic carbocycles. The average Bonchev–Trinajstić information content (AvgIpc) is 1.41. The summed E-state index contributed by atoms with van der Waals surface area (Å²) < 4.78 is 4.53. The molecule has 0 spiro atoms. The third kappa shape index (κ3) is 4.27. The molecule has 0 unspecified atom stereocenters. The Morgan fingerprint density at radius 2 is 2.60 bits per heavy atom. The monoisotopic (exact) mass is 93.0 g/mol. The Bertz CT molecular complexity index is 17.1. The summed E-state index contributed by atoms with van der Waals surface area (Å²) in [5.74, 6) is 0. The molecule has 0 aliphatic rings. The van der Waals surface area contributed by atoms with Crippen molar-refractivity contribution in [1.29, 1.82) is 0 Å². The summed E-state index contributed by atoms with van der Waals surface area (Å²) in [7, 11) is 0. The molecule has 2 N–H and O–H groups in total. The van der Waals surface area contributed by atoms with E-state index in [-0.39, 0.29) is 0 Å². The van der Waals surface area contributed by atoms with Gasteiger partial charge in [-0.25, -0.2) is 0 Å². The van der Waals surface area contributed by atoms with Gasteiger partial charge in [0.25, 0.3) is 0 Å². The number of hydrogen-bond acceptors (Lipinski definition) is 3. The van der Waals surface area contributed by atoms with Gasteiger partial charge in [-0.2, -0.15) is 0 Å². The minimum absolute atomic E-state index is 0.307. The fraction of sp³-hybridized carbons (Fsp3) is 1.00. The Labute approximate surface area is 35.9 Å². The van der Waals surface area contributed by atoms with E-state index in [1.54, 1.807) is 0 Å². The SMILES string of the molecule is CSOCN. The fourth-order valence-electron chi connectivity index (χ4n) is 0.0680. The molecule has 2 nitrogen and oxygen atoms in total. The predicted molar refractivity (Wildman–Crippen MR) is 23.7 cm³/mol. The molecule has 0 aliphatic heterocycles. The van der Waals surface area contributed by atoms with E-state index >= 15 is 0 Å². The second-order valence-electron chi connectivity index (χ2n) is 0.451. The summed E-state index contributed by atoms with van der Waals surface area (Å²) in [5.41, 5.74) is 4.90. The van der Waals surface area contributed by atoms with Crippen molar-refractivity contribution in [1.82, 2.24) is 0 Å². The van der Waals surface area contributed by atoms with Crippen LogP contribution in [-0.4, -0.2) is 13.0 Å². The normalized spacial score (nSPS) is 8.40. The highest BCUT2D eigenvalue weighted by Gasteiger charge is 1.64. The maximum atomic E-state index is 4.90. The predicted octanol–water partition coefficient (Wildman–Crippen LogP) is 0.197. The molecule has 0 bridgehead atoms. The van der Waals surface area contributed by atoms with Gasteiger partial charge in [0.1, 0.15) is 6.73 Å². The van der Waals surface area contributed by atoms with Gasteiger partial charge in [0.15, 0.2) is 0 Å². The molecule has 0 fully saturated rings. The molecular formula is C2H7NOS. The van der Waals surface area contributed by atoms with E-state index in [2.05, 4.69) is 4.18 Å². The lowest BCUT2D eigenvalue weighted by Crippen LogP contribution is -1.97. The molecule has 0 atom stereocenters. The smallest absolute Gasteiger partial charge is 0.109 e. The molecule has 3 heteroatoms. The molecule has 0 saturated carbocycles. The molecule has 0 aromatic heterocycles. The highest BCUT2D eigenvalue weighted by Crippen LogP contribution is 1.87. The van der Waals surface area contributed by atoms with Gasteiger partial charge in [-0.1, -0.05) is 0 Å². The summed E-state index contributed by atoms with van der Waals surface area (Å²) in [4.78, 5) is 0. The first-order valence-electron chi connectivity index (χ1n) is 1.27. The van der Waals surface area contributed by atoms with E-state index in [1.165, 1.54) is 12.0 Å². The minimum Gasteiger partial charge on any atom is -0.308 e. The second kappa shape index (κ2) is 4.27. The Morgan fingerprint density at radius 3 is 2.60 bits per heavy atom. The Balaban J connectivity index is 2.19. The first kappa shape index (κ1) is 5.27. The van der Waals surface area contributed by atoms with Gasteiger partial charge >= 0.3 is 0 Å². The van der Waals surface area contributed by atoms with Gasteiger partial charge in [0, 0.05) is 6.26 Å². The second-order valence-corrected chi connectivity index (χ2v) is 1.02. The van der Waals surface area contributed by atoms with Crippen LogP contribution in [0, 0.1) is 0 Å². The third-order valence-electron chi connectivity index (χ3n) is 0.186. The van der Waals surface area contributed by atoms with E-state index in [4.69, 9.17) is 5.73 Å². The highest BCUT2D eigenvalue weighted by atomic mass is 32.2. The Morgan fingerprint density at radius 1 is 2.00 bits per heavy atom. The van der Waals surface area contributed by atoms with E-state index in [9.17, 15) is 0 Å². The maximum absolute atomic E-state index is 4.90. The van der Waals surface area contributed by atoms with Crippen LogP contribution in [0.25, 0.3) is 0 Å². The highest BCUT2D eigenvalue weighted by molar-refractivity contribution is 7.93. The summed E-state index contributed by atoms with van der Waals surface area (Å²) in [6.45, 7) is 0.307. The number of rotatable bonds is 2. The van der Waals surface area contributed by atoms with Gasteiger partial charge in [-0.15, -0.1) is 0 Å². The molecule has 0 radical (unpaired) electrons. The van der Waals surface area contributed by atoms with Gasteiger partial charge in [0.05, 0.1) is 0 Å². The molecule has 0 rings (SSSR count). The van der Waals surface area contributed by atoms with Crippen molar-refractivity contribution in [2.24, 2.45) is 5.73 Å². The Kier molecular flexibility index (Phi) is 4.50. The quantitative estimate of drug-likeness (QED) is 0.391. The minimum atomic E-state index is 0.307. The van der Waals surface area contributed by atoms with Crippen molar-refractivity contribution >= 4 is 12.0 Å². The third-order valence-corrected chi connectivity index (χ3v) is 0.558. The van der Waals surface area contributed by atoms with Crippen molar-refractivity contribution in [3.05, 3.63) is 0 Å². The van der Waals surface area contributed by atoms with Gasteiger partial charge in [-0.05, 0) is 12.0 Å². The van der Waals surface area contributed by atoms with Crippen molar-refractivity contribution in [3.63, 3.8) is 0 Å². The zero-order chi connectivity index (χ0) is 4.12. The van der Waals surface area contributed by atoms with Crippen molar-refractivity contribution < 1.29 is 4.18 Å². The molecule has 0 heterocycles. The van der Waals surface area contributed by atoms with Crippen LogP contribution in [0.3, 0.4) is 0 Å². The zero-order valence-corrected chi connectivity index (χ0v) is 3.92. The van der Waals surface area contributed by atoms with Gasteiger partial charge < -0.3 is 9.92 Å². The number of nitrogens with two attached hydrogens (primary N) is 1. The van der Waals surface area contributed by atoms with Crippen LogP contribution < -0.4 is 5.73 Å². The maximum Gasteiger partial charge on any atom is 0.109 e. The average molecular weight is 93.2 g/mol. The lowest BCUT2D eigenvalue weighted by Gasteiger charge is -1.84. The fourth-order valence-corrected chi connectivity index (χ4v) is 0.204. The summed E-state index contributed by atoms with van der Waals surface area (Å²) in [6, 6.07) is 0. The topological polar surface area (TPSA) is 35.2 Å². The molecule has 0 aliphatic carbocycles. The zero-order valence-electron chi connectivity index (χ0n) is 3.10. The summed E-state index contributed by atoms with van der Waals surface area (Å²) >= 11 is 1.28. The molecule has 0 amide bonds. The van der Waals surface area contributed by atoms with Crippen LogP contribution in [0.15, 0.2) is 0 Å². The van der Waals surface area contributed by atoms with Crippen molar-refractivity contribution in [2.45, 2.75) is 0 Å². The van der Waals surface area contributed by atoms with Crippen LogP contribution in [-0.2, 0) is 4.18 Å². The van der Waals surface area contributed by atoms with E-state index < -0.39 is 0 Å². The van der Waals surface area contributed by atoms with Crippen LogP contribution in [0.1, 0.15) is 0 Å². The van der Waals surface area contributed by atoms with Gasteiger partial charge in [-0.3, -0.25) is 0 Å². The van der Waals surface area contributed by atoms with Crippen molar-refractivity contribution in [2.75, 3.05) is 13.0 Å². The number of hydrogen-bond donors (Lipinski definition) is 1. The van der Waals surface area contributed by atoms with Gasteiger partial charge in [0.2, 0.25) is 0 Å². The van der Waals surface area contributed by atoms with E-state index in [0.29, 0.717) is 6.73 Å². The van der Waals surface area contributed by atoms with Crippen LogP contribution in [0.5, 0.6) is 0 Å². The lowest BCUT2D eigenvalue weighted by molar-refractivity contribution is 0.391. The van der Waals surface area contributed by atoms with E-state index in [0.717, 1.165) is 0 Å². The van der Waals surface area contributed by atoms with Crippen LogP contribution in [0.4, 0.5) is 0 Å². The standard InChI is InChI=1S/C2H7NOS/c1-5-4-2-3/h2-3H2,1H3. The molecule has 0 aromatic rings. The Hall–Kier alpha value is 0.270. The molecule has 0 saturated heterocycles. The first-order valence-corrected chi connectivity index (χ1v) is 2.42. The molecular weight excluding hydrogens is 86.1 g/mol. The van der Waals surface area contributed by atoms with Crippen molar-refractivity contribution in [3.8, 4) is 0 Å².